The Kier molecular flexibility index (Phi) is 6.62. The van der Waals surface area contributed by atoms with E-state index in [0.717, 1.165) is 0 Å². The molecule has 3 amide bonds. The van der Waals surface area contributed by atoms with Crippen LogP contribution in [-0.4, -0.2) is 25.5 Å². The Morgan fingerprint density at radius 3 is 2.75 bits per heavy atom. The van der Waals surface area contributed by atoms with Gasteiger partial charge < -0.3 is 16.0 Å². The monoisotopic (exact) mass is 171 g/mol. The molecule has 0 fully saturated rings. The number of nitrogens with one attached hydrogen (secondary N) is 3. The Morgan fingerprint density at radius 1 is 1.42 bits per heavy atom. The predicted octanol–water partition coefficient (Wildman–Crippen LogP) is -0.435. The van der Waals surface area contributed by atoms with Gasteiger partial charge in [-0.1, -0.05) is 6.58 Å². The summed E-state index contributed by atoms with van der Waals surface area (Å²) in [7, 11) is 0. The quantitative estimate of drug-likeness (QED) is 0.374. The van der Waals surface area contributed by atoms with Crippen LogP contribution in [-0.2, 0) is 4.79 Å². The molecule has 0 aliphatic rings. The number of rotatable bonds is 6. The van der Waals surface area contributed by atoms with Crippen LogP contribution < -0.4 is 16.0 Å². The first-order valence-corrected chi connectivity index (χ1v) is 3.63. The lowest BCUT2D eigenvalue weighted by atomic mass is 10.4. The van der Waals surface area contributed by atoms with Gasteiger partial charge in [0.2, 0.25) is 6.41 Å². The summed E-state index contributed by atoms with van der Waals surface area (Å²) in [4.78, 5) is 20.5. The summed E-state index contributed by atoms with van der Waals surface area (Å²) >= 11 is 0. The zero-order valence-corrected chi connectivity index (χ0v) is 6.80. The lowest BCUT2D eigenvalue weighted by Crippen LogP contribution is -2.33. The molecule has 12 heavy (non-hydrogen) atoms. The zero-order chi connectivity index (χ0) is 9.23. The Bertz CT molecular complexity index is 159. The predicted molar refractivity (Wildman–Crippen MR) is 45.4 cm³/mol. The van der Waals surface area contributed by atoms with Crippen molar-refractivity contribution >= 4 is 12.4 Å². The molecule has 5 nitrogen and oxygen atoms in total. The van der Waals surface area contributed by atoms with Crippen LogP contribution in [0.25, 0.3) is 0 Å². The summed E-state index contributed by atoms with van der Waals surface area (Å²) in [6.45, 7) is 4.42. The van der Waals surface area contributed by atoms with Crippen LogP contribution in [0.2, 0.25) is 0 Å². The van der Waals surface area contributed by atoms with Gasteiger partial charge in [0.1, 0.15) is 0 Å². The Morgan fingerprint density at radius 2 is 2.17 bits per heavy atom. The highest BCUT2D eigenvalue weighted by molar-refractivity contribution is 5.74. The third kappa shape index (κ3) is 6.60. The Hall–Kier alpha value is -1.52. The van der Waals surface area contributed by atoms with Crippen LogP contribution >= 0.6 is 0 Å². The van der Waals surface area contributed by atoms with Crippen LogP contribution in [0.15, 0.2) is 12.8 Å². The van der Waals surface area contributed by atoms with Gasteiger partial charge >= 0.3 is 6.03 Å². The van der Waals surface area contributed by atoms with E-state index in [9.17, 15) is 9.59 Å². The second-order valence-electron chi connectivity index (χ2n) is 2.03. The molecule has 0 unspecified atom stereocenters. The van der Waals surface area contributed by atoms with Gasteiger partial charge in [-0.25, -0.2) is 4.79 Å². The molecule has 0 saturated carbocycles. The van der Waals surface area contributed by atoms with Gasteiger partial charge in [-0.15, -0.1) is 0 Å². The van der Waals surface area contributed by atoms with Crippen molar-refractivity contribution in [3.05, 3.63) is 12.8 Å². The molecule has 0 spiro atoms. The first-order valence-electron chi connectivity index (χ1n) is 3.63. The van der Waals surface area contributed by atoms with Crippen molar-refractivity contribution in [2.24, 2.45) is 0 Å². The van der Waals surface area contributed by atoms with Crippen molar-refractivity contribution in [1.82, 2.24) is 16.0 Å². The van der Waals surface area contributed by atoms with Crippen LogP contribution in [0.3, 0.4) is 0 Å². The van der Waals surface area contributed by atoms with E-state index in [0.29, 0.717) is 25.9 Å². The SMILES string of the molecule is C=CNC(=O)NCCCNC=O. The maximum Gasteiger partial charge on any atom is 0.318 e. The number of carbonyl (C=O) groups excluding carboxylic acids is 2. The summed E-state index contributed by atoms with van der Waals surface area (Å²) in [6, 6.07) is -0.281. The average Bonchev–Trinajstić information content (AvgIpc) is 2.05. The van der Waals surface area contributed by atoms with Crippen LogP contribution in [0.4, 0.5) is 4.79 Å². The molecule has 0 rings (SSSR count). The number of hydrogen-bond acceptors (Lipinski definition) is 2. The highest BCUT2D eigenvalue weighted by Gasteiger charge is 1.93. The maximum atomic E-state index is 10.7. The summed E-state index contributed by atoms with van der Waals surface area (Å²) in [6.07, 6.45) is 2.64. The van der Waals surface area contributed by atoms with E-state index in [1.165, 1.54) is 6.20 Å². The number of hydrogen-bond donors (Lipinski definition) is 3. The van der Waals surface area contributed by atoms with Crippen molar-refractivity contribution < 1.29 is 9.59 Å². The summed E-state index contributed by atoms with van der Waals surface area (Å²) in [5.74, 6) is 0. The molecule has 0 aliphatic carbocycles. The minimum Gasteiger partial charge on any atom is -0.359 e. The molecule has 0 aromatic heterocycles. The first kappa shape index (κ1) is 10.5. The summed E-state index contributed by atoms with van der Waals surface area (Å²) in [5.41, 5.74) is 0. The second kappa shape index (κ2) is 7.59. The highest BCUT2D eigenvalue weighted by atomic mass is 16.2. The largest absolute Gasteiger partial charge is 0.359 e. The van der Waals surface area contributed by atoms with Gasteiger partial charge in [-0.3, -0.25) is 4.79 Å². The third-order valence-corrected chi connectivity index (χ3v) is 1.10. The zero-order valence-electron chi connectivity index (χ0n) is 6.80. The van der Waals surface area contributed by atoms with Gasteiger partial charge in [0.15, 0.2) is 0 Å². The molecule has 0 heterocycles. The molecule has 0 atom stereocenters. The van der Waals surface area contributed by atoms with E-state index in [1.807, 2.05) is 0 Å². The van der Waals surface area contributed by atoms with E-state index < -0.39 is 0 Å². The van der Waals surface area contributed by atoms with E-state index in [2.05, 4.69) is 22.5 Å². The fourth-order valence-electron chi connectivity index (χ4n) is 0.595. The van der Waals surface area contributed by atoms with Crippen molar-refractivity contribution in [2.45, 2.75) is 6.42 Å². The number of amides is 3. The Balaban J connectivity index is 3.13. The van der Waals surface area contributed by atoms with E-state index in [1.54, 1.807) is 0 Å². The van der Waals surface area contributed by atoms with Crippen LogP contribution in [0.1, 0.15) is 6.42 Å². The molecule has 0 aromatic carbocycles. The van der Waals surface area contributed by atoms with Crippen molar-refractivity contribution in [3.8, 4) is 0 Å². The molecule has 3 N–H and O–H groups in total. The van der Waals surface area contributed by atoms with Crippen molar-refractivity contribution in [3.63, 3.8) is 0 Å². The minimum absolute atomic E-state index is 0.281. The topological polar surface area (TPSA) is 70.2 Å². The van der Waals surface area contributed by atoms with Crippen LogP contribution in [0, 0.1) is 0 Å². The van der Waals surface area contributed by atoms with Gasteiger partial charge in [0.05, 0.1) is 0 Å². The molecular formula is C7H13N3O2. The summed E-state index contributed by atoms with van der Waals surface area (Å²) in [5, 5.41) is 7.41. The van der Waals surface area contributed by atoms with E-state index in [-0.39, 0.29) is 6.03 Å². The van der Waals surface area contributed by atoms with Gasteiger partial charge in [0.25, 0.3) is 0 Å². The highest BCUT2D eigenvalue weighted by Crippen LogP contribution is 1.72. The maximum absolute atomic E-state index is 10.7. The summed E-state index contributed by atoms with van der Waals surface area (Å²) < 4.78 is 0. The average molecular weight is 171 g/mol. The number of carbonyl (C=O) groups is 2. The fraction of sp³-hybridized carbons (Fsp3) is 0.429. The van der Waals surface area contributed by atoms with E-state index >= 15 is 0 Å². The van der Waals surface area contributed by atoms with Gasteiger partial charge in [0, 0.05) is 13.1 Å². The van der Waals surface area contributed by atoms with Gasteiger partial charge in [-0.2, -0.15) is 0 Å². The molecular weight excluding hydrogens is 158 g/mol. The first-order chi connectivity index (χ1) is 5.81. The molecule has 68 valence electrons. The second-order valence-corrected chi connectivity index (χ2v) is 2.03. The minimum atomic E-state index is -0.281. The van der Waals surface area contributed by atoms with Crippen molar-refractivity contribution in [2.75, 3.05) is 13.1 Å². The number of urea groups is 1. The molecule has 0 bridgehead atoms. The Labute approximate surface area is 71.2 Å². The van der Waals surface area contributed by atoms with Gasteiger partial charge in [-0.05, 0) is 12.6 Å². The van der Waals surface area contributed by atoms with E-state index in [4.69, 9.17) is 0 Å². The third-order valence-electron chi connectivity index (χ3n) is 1.10. The molecule has 0 saturated heterocycles. The lowest BCUT2D eigenvalue weighted by Gasteiger charge is -2.02. The lowest BCUT2D eigenvalue weighted by molar-refractivity contribution is -0.109. The molecule has 0 radical (unpaired) electrons. The smallest absolute Gasteiger partial charge is 0.318 e. The standard InChI is InChI=1S/C7H13N3O2/c1-2-9-7(12)10-5-3-4-8-6-11/h2,6H,1,3-5H2,(H,8,11)(H2,9,10,12). The molecule has 0 aliphatic heterocycles. The normalized spacial score (nSPS) is 8.33. The van der Waals surface area contributed by atoms with Crippen LogP contribution in [0.5, 0.6) is 0 Å². The van der Waals surface area contributed by atoms with Crippen molar-refractivity contribution in [1.29, 1.82) is 0 Å². The fourth-order valence-corrected chi connectivity index (χ4v) is 0.595. The molecule has 5 heteroatoms. The molecule has 0 aromatic rings.